The smallest absolute Gasteiger partial charge is 0.235 e. The number of likely N-dealkylation sites (N-methyl/N-ethyl adjacent to an activating group) is 1. The van der Waals surface area contributed by atoms with Gasteiger partial charge in [0.1, 0.15) is 5.75 Å². The number of nitrogens with zero attached hydrogens (tertiary/aromatic N) is 1. The minimum absolute atomic E-state index is 0.172. The molecule has 3 aliphatic carbocycles. The molecule has 3 aliphatic rings. The van der Waals surface area contributed by atoms with Crippen molar-refractivity contribution in [1.29, 1.82) is 0 Å². The van der Waals surface area contributed by atoms with Crippen molar-refractivity contribution >= 4 is 57.3 Å². The monoisotopic (exact) mass is 585 g/mol. The summed E-state index contributed by atoms with van der Waals surface area (Å²) in [6.07, 6.45) is -1.69. The van der Waals surface area contributed by atoms with Gasteiger partial charge >= 0.3 is 0 Å². The first-order valence-corrected chi connectivity index (χ1v) is 11.6. The molecule has 1 aromatic rings. The summed E-state index contributed by atoms with van der Waals surface area (Å²) >= 11 is 1.77. The number of phenolic OH excluding ortho intramolecular Hbond substituents is 1. The fraction of sp³-hybridized carbons (Fsp3) is 0.500. The van der Waals surface area contributed by atoms with E-state index in [4.69, 9.17) is 11.5 Å². The predicted molar refractivity (Wildman–Crippen MR) is 125 cm³/mol. The Morgan fingerprint density at radius 1 is 1.18 bits per heavy atom. The Balaban J connectivity index is 1.99. The number of nitrogen functional groups attached to an aromatic ring is 1. The Morgan fingerprint density at radius 3 is 2.29 bits per heavy atom. The van der Waals surface area contributed by atoms with Crippen LogP contribution < -0.4 is 11.5 Å². The number of ketones is 4. The van der Waals surface area contributed by atoms with Gasteiger partial charge in [0.25, 0.3) is 0 Å². The molecule has 2 saturated carbocycles. The quantitative estimate of drug-likeness (QED) is 0.119. The molecule has 34 heavy (non-hydrogen) atoms. The van der Waals surface area contributed by atoms with Crippen LogP contribution in [0.1, 0.15) is 28.8 Å². The third-order valence-electron chi connectivity index (χ3n) is 7.57. The number of phenols is 1. The van der Waals surface area contributed by atoms with Crippen LogP contribution in [0.25, 0.3) is 0 Å². The molecule has 0 saturated heterocycles. The molecule has 0 aromatic heterocycles. The topological polar surface area (TPSA) is 201 Å². The number of aliphatic hydroxyl groups excluding tert-OH is 1. The fourth-order valence-electron chi connectivity index (χ4n) is 6.14. The molecule has 11 nitrogen and oxygen atoms in total. The highest BCUT2D eigenvalue weighted by Gasteiger charge is 2.73. The summed E-state index contributed by atoms with van der Waals surface area (Å²) in [5.41, 5.74) is 8.60. The summed E-state index contributed by atoms with van der Waals surface area (Å²) < 4.78 is 0.258. The molecule has 7 N–H and O–H groups in total. The number of anilines is 1. The van der Waals surface area contributed by atoms with Crippen LogP contribution in [0, 0.1) is 27.2 Å². The van der Waals surface area contributed by atoms with Gasteiger partial charge in [-0.05, 0) is 54.2 Å². The number of hydrogen-bond donors (Lipinski definition) is 5. The van der Waals surface area contributed by atoms with Gasteiger partial charge in [-0.1, -0.05) is 6.92 Å². The Labute approximate surface area is 207 Å². The lowest BCUT2D eigenvalue weighted by atomic mass is 9.49. The van der Waals surface area contributed by atoms with Crippen molar-refractivity contribution in [3.05, 3.63) is 20.8 Å². The van der Waals surface area contributed by atoms with Gasteiger partial charge in [0, 0.05) is 11.6 Å². The SMILES string of the molecule is C[C@H]1c2c(N)cc(I)c(O)c2C(=O)C2C(=O)[C@]3(O)C(=O)C(C(N)=O)C(=O)[C@@H](N(C)C)[C@@H]3[C@@H](O)[C@@H]21. The second-order valence-electron chi connectivity index (χ2n) is 9.45. The zero-order valence-corrected chi connectivity index (χ0v) is 20.6. The van der Waals surface area contributed by atoms with Crippen molar-refractivity contribution < 1.29 is 39.3 Å². The first-order valence-electron chi connectivity index (χ1n) is 10.5. The molecular weight excluding hydrogens is 561 g/mol. The number of nitrogens with two attached hydrogens (primary N) is 2. The van der Waals surface area contributed by atoms with E-state index in [0.29, 0.717) is 0 Å². The number of fused-ring (bicyclic) bond motifs is 3. The summed E-state index contributed by atoms with van der Waals surface area (Å²) in [6, 6.07) is 0.0474. The number of rotatable bonds is 2. The third kappa shape index (κ3) is 2.88. The number of carbonyl (C=O) groups is 5. The lowest BCUT2D eigenvalue weighted by molar-refractivity contribution is -0.196. The van der Waals surface area contributed by atoms with E-state index in [9.17, 15) is 39.3 Å². The van der Waals surface area contributed by atoms with Crippen LogP contribution in [0.5, 0.6) is 5.75 Å². The maximum absolute atomic E-state index is 13.8. The molecule has 8 atom stereocenters. The largest absolute Gasteiger partial charge is 0.506 e. The molecule has 1 amide bonds. The second kappa shape index (κ2) is 7.80. The van der Waals surface area contributed by atoms with E-state index < -0.39 is 82.1 Å². The summed E-state index contributed by atoms with van der Waals surface area (Å²) in [5, 5.41) is 33.6. The number of primary amides is 1. The van der Waals surface area contributed by atoms with Crippen LogP contribution >= 0.6 is 22.6 Å². The van der Waals surface area contributed by atoms with Gasteiger partial charge in [-0.3, -0.25) is 28.9 Å². The lowest BCUT2D eigenvalue weighted by Gasteiger charge is -2.56. The van der Waals surface area contributed by atoms with Crippen molar-refractivity contribution in [2.24, 2.45) is 29.4 Å². The van der Waals surface area contributed by atoms with Crippen LogP contribution in [0.4, 0.5) is 5.69 Å². The first kappa shape index (κ1) is 24.7. The minimum atomic E-state index is -3.01. The van der Waals surface area contributed by atoms with Gasteiger partial charge in [0.05, 0.1) is 33.1 Å². The lowest BCUT2D eigenvalue weighted by Crippen LogP contribution is -2.77. The van der Waals surface area contributed by atoms with Crippen LogP contribution in [0.3, 0.4) is 0 Å². The Hall–Kier alpha value is -2.42. The molecule has 1 aromatic carbocycles. The van der Waals surface area contributed by atoms with Gasteiger partial charge in [-0.15, -0.1) is 0 Å². The summed E-state index contributed by atoms with van der Waals surface area (Å²) in [6.45, 7) is 1.61. The molecular formula is C22H24IN3O8. The third-order valence-corrected chi connectivity index (χ3v) is 8.39. The summed E-state index contributed by atoms with van der Waals surface area (Å²) in [5.74, 6) is -13.7. The second-order valence-corrected chi connectivity index (χ2v) is 10.6. The van der Waals surface area contributed by atoms with E-state index in [2.05, 4.69) is 0 Å². The summed E-state index contributed by atoms with van der Waals surface area (Å²) in [7, 11) is 2.87. The van der Waals surface area contributed by atoms with Crippen molar-refractivity contribution in [3.63, 3.8) is 0 Å². The van der Waals surface area contributed by atoms with E-state index in [-0.39, 0.29) is 20.4 Å². The number of benzene rings is 1. The van der Waals surface area contributed by atoms with E-state index in [1.165, 1.54) is 25.1 Å². The van der Waals surface area contributed by atoms with E-state index in [1.54, 1.807) is 29.5 Å². The number of aliphatic hydroxyl groups is 2. The molecule has 0 spiro atoms. The Bertz CT molecular complexity index is 1180. The molecule has 2 fully saturated rings. The van der Waals surface area contributed by atoms with Crippen molar-refractivity contribution in [1.82, 2.24) is 4.90 Å². The van der Waals surface area contributed by atoms with Crippen molar-refractivity contribution in [2.45, 2.75) is 30.6 Å². The molecule has 182 valence electrons. The fourth-order valence-corrected chi connectivity index (χ4v) is 6.75. The zero-order valence-electron chi connectivity index (χ0n) is 18.5. The number of halogens is 1. The summed E-state index contributed by atoms with van der Waals surface area (Å²) in [4.78, 5) is 66.9. The van der Waals surface area contributed by atoms with E-state index in [1.807, 2.05) is 0 Å². The predicted octanol–water partition coefficient (Wildman–Crippen LogP) is -1.41. The molecule has 0 radical (unpaired) electrons. The molecule has 12 heteroatoms. The molecule has 0 aliphatic heterocycles. The van der Waals surface area contributed by atoms with Gasteiger partial charge in [-0.25, -0.2) is 0 Å². The van der Waals surface area contributed by atoms with Crippen LogP contribution in [0.2, 0.25) is 0 Å². The van der Waals surface area contributed by atoms with Crippen LogP contribution in [-0.4, -0.2) is 81.1 Å². The number of aromatic hydroxyl groups is 1. The number of hydrogen-bond acceptors (Lipinski definition) is 10. The van der Waals surface area contributed by atoms with Gasteiger partial charge in [-0.2, -0.15) is 0 Å². The van der Waals surface area contributed by atoms with Crippen molar-refractivity contribution in [2.75, 3.05) is 19.8 Å². The van der Waals surface area contributed by atoms with Gasteiger partial charge in [0.15, 0.2) is 34.7 Å². The maximum Gasteiger partial charge on any atom is 0.235 e. The zero-order chi connectivity index (χ0) is 25.6. The highest BCUT2D eigenvalue weighted by Crippen LogP contribution is 2.55. The first-order chi connectivity index (χ1) is 15.7. The van der Waals surface area contributed by atoms with E-state index >= 15 is 0 Å². The average Bonchev–Trinajstić information content (AvgIpc) is 2.73. The standard InChI is InChI=1S/C22H24IN3O8/c1-5-8-7(24)4-6(23)15(27)10(8)16(28)11-9(5)17(29)13-14(26(2)3)18(30)12(21(25)33)20(32)22(13,34)19(11)31/h4-5,9,11-14,17,27,29,34H,24H2,1-3H3,(H2,25,33)/t5-,9+,11?,12?,13+,14-,17-,22-/m0/s1. The number of amides is 1. The normalized spacial score (nSPS) is 37.3. The van der Waals surface area contributed by atoms with Crippen LogP contribution in [0.15, 0.2) is 6.07 Å². The minimum Gasteiger partial charge on any atom is -0.506 e. The van der Waals surface area contributed by atoms with Crippen LogP contribution in [-0.2, 0) is 19.2 Å². The highest BCUT2D eigenvalue weighted by atomic mass is 127. The molecule has 0 heterocycles. The number of carbonyl (C=O) groups excluding carboxylic acids is 5. The molecule has 2 unspecified atom stereocenters. The van der Waals surface area contributed by atoms with Crippen molar-refractivity contribution in [3.8, 4) is 5.75 Å². The average molecular weight is 585 g/mol. The van der Waals surface area contributed by atoms with Gasteiger partial charge in [0.2, 0.25) is 5.91 Å². The van der Waals surface area contributed by atoms with Gasteiger partial charge < -0.3 is 26.8 Å². The highest BCUT2D eigenvalue weighted by molar-refractivity contribution is 14.1. The number of Topliss-reactive ketones (excluding diaryl/α,β-unsaturated/α-hetero) is 4. The maximum atomic E-state index is 13.8. The molecule has 4 rings (SSSR count). The molecule has 0 bridgehead atoms. The Kier molecular flexibility index (Phi) is 5.66. The Morgan fingerprint density at radius 2 is 1.76 bits per heavy atom. The van der Waals surface area contributed by atoms with E-state index in [0.717, 1.165) is 0 Å².